The minimum atomic E-state index is -0.536. The molecular formula is C14H22N4O. The Morgan fingerprint density at radius 3 is 3.00 bits per heavy atom. The van der Waals surface area contributed by atoms with Crippen LogP contribution in [0.3, 0.4) is 0 Å². The van der Waals surface area contributed by atoms with E-state index in [1.165, 1.54) is 19.4 Å². The number of benzene rings is 1. The zero-order valence-electron chi connectivity index (χ0n) is 11.4. The number of piperidine rings is 1. The molecule has 4 N–H and O–H groups in total. The van der Waals surface area contributed by atoms with Crippen molar-refractivity contribution in [1.29, 1.82) is 0 Å². The Balaban J connectivity index is 1.86. The summed E-state index contributed by atoms with van der Waals surface area (Å²) in [6.07, 6.45) is 2.54. The second-order valence-electron chi connectivity index (χ2n) is 5.22. The van der Waals surface area contributed by atoms with Gasteiger partial charge in [0.15, 0.2) is 0 Å². The van der Waals surface area contributed by atoms with Crippen molar-refractivity contribution >= 4 is 17.4 Å². The highest BCUT2D eigenvalue weighted by Gasteiger charge is 2.16. The Hall–Kier alpha value is -1.75. The van der Waals surface area contributed by atoms with E-state index in [9.17, 15) is 4.79 Å². The third-order valence-electron chi connectivity index (χ3n) is 3.45. The molecule has 104 valence electrons. The highest BCUT2D eigenvalue weighted by molar-refractivity contribution is 5.88. The molecule has 0 radical (unpaired) electrons. The molecule has 0 bridgehead atoms. The second-order valence-corrected chi connectivity index (χ2v) is 5.22. The fraction of sp³-hybridized carbons (Fsp3) is 0.500. The predicted molar refractivity (Wildman–Crippen MR) is 78.4 cm³/mol. The number of rotatable bonds is 4. The first-order valence-corrected chi connectivity index (χ1v) is 6.72. The fourth-order valence-corrected chi connectivity index (χ4v) is 2.55. The molecule has 1 aliphatic heterocycles. The average Bonchev–Trinajstić information content (AvgIpc) is 2.36. The SMILES string of the molecule is CN1CCCC(CNc2cccc(NC(N)=O)c2)C1. The molecule has 2 rings (SSSR count). The summed E-state index contributed by atoms with van der Waals surface area (Å²) in [4.78, 5) is 13.2. The molecule has 0 spiro atoms. The topological polar surface area (TPSA) is 70.4 Å². The largest absolute Gasteiger partial charge is 0.385 e. The van der Waals surface area contributed by atoms with Gasteiger partial charge in [-0.25, -0.2) is 4.79 Å². The number of nitrogens with zero attached hydrogens (tertiary/aromatic N) is 1. The first-order chi connectivity index (χ1) is 9.13. The van der Waals surface area contributed by atoms with E-state index in [0.717, 1.165) is 24.5 Å². The summed E-state index contributed by atoms with van der Waals surface area (Å²) in [5, 5.41) is 6.01. The van der Waals surface area contributed by atoms with Crippen molar-refractivity contribution in [2.45, 2.75) is 12.8 Å². The number of hydrogen-bond acceptors (Lipinski definition) is 3. The molecular weight excluding hydrogens is 240 g/mol. The molecule has 0 aromatic heterocycles. The van der Waals surface area contributed by atoms with Gasteiger partial charge in [0.25, 0.3) is 0 Å². The summed E-state index contributed by atoms with van der Waals surface area (Å²) in [5.41, 5.74) is 6.84. The lowest BCUT2D eigenvalue weighted by molar-refractivity contribution is 0.217. The highest BCUT2D eigenvalue weighted by Crippen LogP contribution is 2.18. The summed E-state index contributed by atoms with van der Waals surface area (Å²) in [6, 6.07) is 7.09. The number of likely N-dealkylation sites (tertiary alicyclic amines) is 1. The van der Waals surface area contributed by atoms with Crippen LogP contribution >= 0.6 is 0 Å². The normalized spacial score (nSPS) is 19.9. The Bertz CT molecular complexity index is 435. The summed E-state index contributed by atoms with van der Waals surface area (Å²) >= 11 is 0. The average molecular weight is 262 g/mol. The quantitative estimate of drug-likeness (QED) is 0.776. The summed E-state index contributed by atoms with van der Waals surface area (Å²) < 4.78 is 0. The molecule has 1 unspecified atom stereocenters. The van der Waals surface area contributed by atoms with Crippen LogP contribution in [0, 0.1) is 5.92 Å². The zero-order valence-corrected chi connectivity index (χ0v) is 11.4. The number of carbonyl (C=O) groups excluding carboxylic acids is 1. The van der Waals surface area contributed by atoms with Crippen molar-refractivity contribution in [3.05, 3.63) is 24.3 Å². The van der Waals surface area contributed by atoms with E-state index in [1.54, 1.807) is 0 Å². The van der Waals surface area contributed by atoms with Gasteiger partial charge in [0.05, 0.1) is 0 Å². The van der Waals surface area contributed by atoms with Crippen molar-refractivity contribution in [2.24, 2.45) is 11.7 Å². The van der Waals surface area contributed by atoms with E-state index in [2.05, 4.69) is 22.6 Å². The van der Waals surface area contributed by atoms with Crippen LogP contribution in [-0.2, 0) is 0 Å². The van der Waals surface area contributed by atoms with E-state index < -0.39 is 6.03 Å². The molecule has 0 saturated carbocycles. The number of urea groups is 1. The van der Waals surface area contributed by atoms with E-state index >= 15 is 0 Å². The number of anilines is 2. The van der Waals surface area contributed by atoms with Gasteiger partial charge in [0, 0.05) is 24.5 Å². The predicted octanol–water partition coefficient (Wildman–Crippen LogP) is 1.93. The van der Waals surface area contributed by atoms with Crippen molar-refractivity contribution in [3.63, 3.8) is 0 Å². The lowest BCUT2D eigenvalue weighted by atomic mass is 9.98. The third kappa shape index (κ3) is 4.44. The van der Waals surface area contributed by atoms with Crippen molar-refractivity contribution < 1.29 is 4.79 Å². The number of primary amides is 1. The van der Waals surface area contributed by atoms with Gasteiger partial charge in [0.2, 0.25) is 0 Å². The van der Waals surface area contributed by atoms with Crippen LogP contribution in [0.2, 0.25) is 0 Å². The maximum Gasteiger partial charge on any atom is 0.316 e. The molecule has 1 fully saturated rings. The third-order valence-corrected chi connectivity index (χ3v) is 3.45. The van der Waals surface area contributed by atoms with Gasteiger partial charge in [-0.2, -0.15) is 0 Å². The maximum absolute atomic E-state index is 10.8. The van der Waals surface area contributed by atoms with Crippen LogP contribution in [0.1, 0.15) is 12.8 Å². The monoisotopic (exact) mass is 262 g/mol. The van der Waals surface area contributed by atoms with Gasteiger partial charge in [0.1, 0.15) is 0 Å². The smallest absolute Gasteiger partial charge is 0.316 e. The van der Waals surface area contributed by atoms with Crippen molar-refractivity contribution in [2.75, 3.05) is 37.3 Å². The highest BCUT2D eigenvalue weighted by atomic mass is 16.2. The molecule has 1 aromatic carbocycles. The van der Waals surface area contributed by atoms with Gasteiger partial charge in [-0.1, -0.05) is 6.07 Å². The summed E-state index contributed by atoms with van der Waals surface area (Å²) in [6.45, 7) is 3.31. The second kappa shape index (κ2) is 6.43. The van der Waals surface area contributed by atoms with Crippen LogP contribution in [0.4, 0.5) is 16.2 Å². The van der Waals surface area contributed by atoms with Gasteiger partial charge < -0.3 is 21.3 Å². The molecule has 1 heterocycles. The summed E-state index contributed by atoms with van der Waals surface area (Å²) in [7, 11) is 2.17. The van der Waals surface area contributed by atoms with Crippen molar-refractivity contribution in [1.82, 2.24) is 4.90 Å². The number of hydrogen-bond donors (Lipinski definition) is 3. The standard InChI is InChI=1S/C14H22N4O/c1-18-7-3-4-11(10-18)9-16-12-5-2-6-13(8-12)17-14(15)19/h2,5-6,8,11,16H,3-4,7,9-10H2,1H3,(H3,15,17,19). The van der Waals surface area contributed by atoms with Crippen LogP contribution < -0.4 is 16.4 Å². The lowest BCUT2D eigenvalue weighted by Crippen LogP contribution is -2.35. The number of nitrogens with two attached hydrogens (primary N) is 1. The Morgan fingerprint density at radius 2 is 2.26 bits per heavy atom. The minimum Gasteiger partial charge on any atom is -0.385 e. The minimum absolute atomic E-state index is 0.536. The molecule has 5 nitrogen and oxygen atoms in total. The Morgan fingerprint density at radius 1 is 1.47 bits per heavy atom. The fourth-order valence-electron chi connectivity index (χ4n) is 2.55. The van der Waals surface area contributed by atoms with E-state index in [0.29, 0.717) is 5.92 Å². The molecule has 5 heteroatoms. The zero-order chi connectivity index (χ0) is 13.7. The van der Waals surface area contributed by atoms with Crippen LogP contribution in [0.15, 0.2) is 24.3 Å². The number of nitrogens with one attached hydrogen (secondary N) is 2. The summed E-state index contributed by atoms with van der Waals surface area (Å²) in [5.74, 6) is 0.687. The maximum atomic E-state index is 10.8. The number of carbonyl (C=O) groups is 1. The van der Waals surface area contributed by atoms with E-state index in [1.807, 2.05) is 24.3 Å². The van der Waals surface area contributed by atoms with E-state index in [-0.39, 0.29) is 0 Å². The van der Waals surface area contributed by atoms with Gasteiger partial charge in [-0.3, -0.25) is 0 Å². The van der Waals surface area contributed by atoms with E-state index in [4.69, 9.17) is 5.73 Å². The molecule has 0 aliphatic carbocycles. The first-order valence-electron chi connectivity index (χ1n) is 6.72. The number of amides is 2. The van der Waals surface area contributed by atoms with Gasteiger partial charge in [-0.15, -0.1) is 0 Å². The Kier molecular flexibility index (Phi) is 4.63. The molecule has 19 heavy (non-hydrogen) atoms. The molecule has 1 aromatic rings. The first kappa shape index (κ1) is 13.7. The van der Waals surface area contributed by atoms with Crippen LogP contribution in [0.5, 0.6) is 0 Å². The van der Waals surface area contributed by atoms with Crippen LogP contribution in [-0.4, -0.2) is 37.6 Å². The van der Waals surface area contributed by atoms with Crippen molar-refractivity contribution in [3.8, 4) is 0 Å². The Labute approximate surface area is 114 Å². The van der Waals surface area contributed by atoms with Crippen LogP contribution in [0.25, 0.3) is 0 Å². The molecule has 1 aliphatic rings. The molecule has 2 amide bonds. The van der Waals surface area contributed by atoms with Gasteiger partial charge in [-0.05, 0) is 50.6 Å². The molecule has 1 saturated heterocycles. The molecule has 1 atom stereocenters. The lowest BCUT2D eigenvalue weighted by Gasteiger charge is -2.30. The van der Waals surface area contributed by atoms with Gasteiger partial charge >= 0.3 is 6.03 Å².